The van der Waals surface area contributed by atoms with Crippen molar-refractivity contribution in [2.45, 2.75) is 6.61 Å². The van der Waals surface area contributed by atoms with E-state index in [4.69, 9.17) is 17.3 Å². The van der Waals surface area contributed by atoms with Crippen LogP contribution in [0.2, 0.25) is 5.02 Å². The Bertz CT molecular complexity index is 578. The van der Waals surface area contributed by atoms with Gasteiger partial charge < -0.3 is 15.8 Å². The summed E-state index contributed by atoms with van der Waals surface area (Å²) in [5.41, 5.74) is 7.05. The van der Waals surface area contributed by atoms with Crippen LogP contribution < -0.4 is 15.8 Å². The quantitative estimate of drug-likeness (QED) is 0.824. The lowest BCUT2D eigenvalue weighted by Crippen LogP contribution is -2.05. The highest BCUT2D eigenvalue weighted by Gasteiger charge is 2.10. The molecule has 19 heavy (non-hydrogen) atoms. The van der Waals surface area contributed by atoms with E-state index >= 15 is 0 Å². The second-order valence-electron chi connectivity index (χ2n) is 3.70. The zero-order valence-electron chi connectivity index (χ0n) is 9.74. The lowest BCUT2D eigenvalue weighted by Gasteiger charge is -2.14. The van der Waals surface area contributed by atoms with Crippen molar-refractivity contribution in [3.05, 3.63) is 47.5 Å². The third-order valence-corrected chi connectivity index (χ3v) is 2.75. The molecular weight excluding hydrogens is 274 g/mol. The molecule has 0 unspecified atom stereocenters. The molecule has 0 aliphatic heterocycles. The number of nitrogens with two attached hydrogens (primary N) is 1. The first-order chi connectivity index (χ1) is 9.08. The van der Waals surface area contributed by atoms with Crippen LogP contribution in [-0.4, -0.2) is 6.61 Å². The van der Waals surface area contributed by atoms with Gasteiger partial charge in [-0.15, -0.1) is 0 Å². The molecular formula is C13H11ClF2N2O. The Morgan fingerprint density at radius 2 is 1.74 bits per heavy atom. The average Bonchev–Trinajstić information content (AvgIpc) is 2.36. The van der Waals surface area contributed by atoms with Crippen molar-refractivity contribution in [1.82, 2.24) is 0 Å². The molecule has 0 fully saturated rings. The van der Waals surface area contributed by atoms with Crippen molar-refractivity contribution in [1.29, 1.82) is 0 Å². The van der Waals surface area contributed by atoms with E-state index < -0.39 is 6.61 Å². The van der Waals surface area contributed by atoms with E-state index in [-0.39, 0.29) is 5.75 Å². The van der Waals surface area contributed by atoms with Gasteiger partial charge in [0.1, 0.15) is 5.75 Å². The van der Waals surface area contributed by atoms with E-state index in [1.165, 1.54) is 6.07 Å². The molecule has 0 amide bonds. The van der Waals surface area contributed by atoms with Crippen molar-refractivity contribution in [2.24, 2.45) is 0 Å². The van der Waals surface area contributed by atoms with Crippen LogP contribution in [0.1, 0.15) is 0 Å². The lowest BCUT2D eigenvalue weighted by atomic mass is 10.2. The third kappa shape index (κ3) is 3.26. The van der Waals surface area contributed by atoms with Crippen LogP contribution in [0.15, 0.2) is 42.5 Å². The molecule has 3 nitrogen and oxygen atoms in total. The summed E-state index contributed by atoms with van der Waals surface area (Å²) in [6.07, 6.45) is 0. The number of benzene rings is 2. The smallest absolute Gasteiger partial charge is 0.387 e. The number of nitrogen functional groups attached to an aromatic ring is 1. The maximum Gasteiger partial charge on any atom is 0.387 e. The molecule has 2 aromatic carbocycles. The van der Waals surface area contributed by atoms with Gasteiger partial charge in [-0.2, -0.15) is 8.78 Å². The topological polar surface area (TPSA) is 47.3 Å². The van der Waals surface area contributed by atoms with Crippen molar-refractivity contribution in [2.75, 3.05) is 11.1 Å². The number of nitrogens with one attached hydrogen (secondary N) is 1. The van der Waals surface area contributed by atoms with Crippen LogP contribution in [0.5, 0.6) is 5.75 Å². The monoisotopic (exact) mass is 284 g/mol. The Hall–Kier alpha value is -2.01. The van der Waals surface area contributed by atoms with Gasteiger partial charge in [0.05, 0.1) is 22.1 Å². The Balaban J connectivity index is 2.30. The van der Waals surface area contributed by atoms with E-state index in [9.17, 15) is 8.78 Å². The molecule has 100 valence electrons. The van der Waals surface area contributed by atoms with Gasteiger partial charge in [0, 0.05) is 0 Å². The van der Waals surface area contributed by atoms with Crippen LogP contribution in [0.4, 0.5) is 25.8 Å². The number of rotatable bonds is 4. The number of ether oxygens (including phenoxy) is 1. The van der Waals surface area contributed by atoms with Crippen molar-refractivity contribution < 1.29 is 13.5 Å². The van der Waals surface area contributed by atoms with Gasteiger partial charge in [0.15, 0.2) is 0 Å². The zero-order valence-corrected chi connectivity index (χ0v) is 10.5. The molecule has 2 aromatic rings. The van der Waals surface area contributed by atoms with E-state index in [2.05, 4.69) is 10.1 Å². The first-order valence-corrected chi connectivity index (χ1v) is 5.80. The van der Waals surface area contributed by atoms with Gasteiger partial charge in [-0.3, -0.25) is 0 Å². The molecule has 0 spiro atoms. The van der Waals surface area contributed by atoms with Gasteiger partial charge >= 0.3 is 6.61 Å². The largest absolute Gasteiger partial charge is 0.433 e. The standard InChI is InChI=1S/C13H11ClF2N2O/c14-8-4-3-6-10(12(8)17)18-9-5-1-2-7-11(9)19-13(15)16/h1-7,13,18H,17H2. The summed E-state index contributed by atoms with van der Waals surface area (Å²) in [6.45, 7) is -2.89. The fourth-order valence-corrected chi connectivity index (χ4v) is 1.73. The molecule has 0 aromatic heterocycles. The number of anilines is 3. The molecule has 0 heterocycles. The van der Waals surface area contributed by atoms with Crippen molar-refractivity contribution in [3.8, 4) is 5.75 Å². The fraction of sp³-hybridized carbons (Fsp3) is 0.0769. The highest BCUT2D eigenvalue weighted by atomic mass is 35.5. The van der Waals surface area contributed by atoms with Crippen molar-refractivity contribution >= 4 is 28.7 Å². The van der Waals surface area contributed by atoms with Crippen LogP contribution in [0, 0.1) is 0 Å². The molecule has 0 aliphatic rings. The molecule has 0 bridgehead atoms. The number of hydrogen-bond acceptors (Lipinski definition) is 3. The highest BCUT2D eigenvalue weighted by Crippen LogP contribution is 2.33. The first kappa shape index (κ1) is 13.4. The fourth-order valence-electron chi connectivity index (χ4n) is 1.56. The number of alkyl halides is 2. The Kier molecular flexibility index (Phi) is 4.06. The molecule has 0 aliphatic carbocycles. The van der Waals surface area contributed by atoms with Gasteiger partial charge in [-0.05, 0) is 24.3 Å². The maximum atomic E-state index is 12.3. The minimum Gasteiger partial charge on any atom is -0.433 e. The van der Waals surface area contributed by atoms with E-state index in [1.807, 2.05) is 0 Å². The van der Waals surface area contributed by atoms with Crippen molar-refractivity contribution in [3.63, 3.8) is 0 Å². The molecule has 6 heteroatoms. The van der Waals surface area contributed by atoms with Gasteiger partial charge in [-0.1, -0.05) is 29.8 Å². The molecule has 2 rings (SSSR count). The number of halogens is 3. The minimum atomic E-state index is -2.89. The molecule has 0 atom stereocenters. The molecule has 0 saturated heterocycles. The van der Waals surface area contributed by atoms with Gasteiger partial charge in [0.2, 0.25) is 0 Å². The number of hydrogen-bond donors (Lipinski definition) is 2. The SMILES string of the molecule is Nc1c(Cl)cccc1Nc1ccccc1OC(F)F. The highest BCUT2D eigenvalue weighted by molar-refractivity contribution is 6.33. The molecule has 3 N–H and O–H groups in total. The first-order valence-electron chi connectivity index (χ1n) is 5.43. The Morgan fingerprint density at radius 3 is 2.47 bits per heavy atom. The summed E-state index contributed by atoms with van der Waals surface area (Å²) in [5.74, 6) is 0.0388. The molecule has 0 radical (unpaired) electrons. The second kappa shape index (κ2) is 5.75. The summed E-state index contributed by atoms with van der Waals surface area (Å²) in [5, 5.41) is 3.31. The molecule has 0 saturated carbocycles. The summed E-state index contributed by atoms with van der Waals surface area (Å²) < 4.78 is 29.0. The predicted octanol–water partition coefficient (Wildman–Crippen LogP) is 4.27. The number of para-hydroxylation sites is 3. The zero-order chi connectivity index (χ0) is 13.8. The van der Waals surface area contributed by atoms with E-state index in [1.54, 1.807) is 36.4 Å². The Morgan fingerprint density at radius 1 is 1.05 bits per heavy atom. The van der Waals surface area contributed by atoms with Gasteiger partial charge in [0.25, 0.3) is 0 Å². The third-order valence-electron chi connectivity index (χ3n) is 2.43. The predicted molar refractivity (Wildman–Crippen MR) is 72.2 cm³/mol. The van der Waals surface area contributed by atoms with E-state index in [0.717, 1.165) is 0 Å². The Labute approximate surface area is 113 Å². The maximum absolute atomic E-state index is 12.3. The average molecular weight is 285 g/mol. The van der Waals surface area contributed by atoms with Crippen LogP contribution in [-0.2, 0) is 0 Å². The van der Waals surface area contributed by atoms with Crippen LogP contribution >= 0.6 is 11.6 Å². The normalized spacial score (nSPS) is 10.5. The minimum absolute atomic E-state index is 0.0388. The summed E-state index contributed by atoms with van der Waals surface area (Å²) in [4.78, 5) is 0. The van der Waals surface area contributed by atoms with Crippen LogP contribution in [0.25, 0.3) is 0 Å². The van der Waals surface area contributed by atoms with Gasteiger partial charge in [-0.25, -0.2) is 0 Å². The lowest BCUT2D eigenvalue weighted by molar-refractivity contribution is -0.0493. The van der Waals surface area contributed by atoms with Crippen LogP contribution in [0.3, 0.4) is 0 Å². The summed E-state index contributed by atoms with van der Waals surface area (Å²) >= 11 is 5.89. The summed E-state index contributed by atoms with van der Waals surface area (Å²) in [6, 6.07) is 11.4. The van der Waals surface area contributed by atoms with E-state index in [0.29, 0.717) is 22.1 Å². The second-order valence-corrected chi connectivity index (χ2v) is 4.11. The summed E-state index contributed by atoms with van der Waals surface area (Å²) in [7, 11) is 0.